The number of nitrogens with two attached hydrogens (primary N) is 1. The van der Waals surface area contributed by atoms with Crippen LogP contribution in [0.2, 0.25) is 0 Å². The van der Waals surface area contributed by atoms with Gasteiger partial charge < -0.3 is 25.5 Å². The van der Waals surface area contributed by atoms with E-state index in [2.05, 4.69) is 15.5 Å². The summed E-state index contributed by atoms with van der Waals surface area (Å²) < 4.78 is 7.03. The predicted molar refractivity (Wildman–Crippen MR) is 95.4 cm³/mol. The van der Waals surface area contributed by atoms with E-state index >= 15 is 0 Å². The summed E-state index contributed by atoms with van der Waals surface area (Å²) in [5.41, 5.74) is 7.21. The van der Waals surface area contributed by atoms with Gasteiger partial charge in [-0.25, -0.2) is 0 Å². The van der Waals surface area contributed by atoms with Gasteiger partial charge >= 0.3 is 0 Å². The highest BCUT2D eigenvalue weighted by molar-refractivity contribution is 5.94. The molecule has 4 N–H and O–H groups in total. The van der Waals surface area contributed by atoms with Crippen LogP contribution in [0, 0.1) is 0 Å². The molecule has 0 bridgehead atoms. The zero-order valence-electron chi connectivity index (χ0n) is 14.9. The Labute approximate surface area is 152 Å². The average molecular weight is 359 g/mol. The molecule has 8 heteroatoms. The molecular formula is C18H25N5O3. The lowest BCUT2D eigenvalue weighted by atomic mass is 9.79. The molecule has 1 amide bonds. The summed E-state index contributed by atoms with van der Waals surface area (Å²) in [6.45, 7) is 1.45. The van der Waals surface area contributed by atoms with Gasteiger partial charge in [0.1, 0.15) is 12.4 Å². The minimum atomic E-state index is -0.150. The smallest absolute Gasteiger partial charge is 0.251 e. The zero-order chi connectivity index (χ0) is 18.5. The van der Waals surface area contributed by atoms with E-state index in [1.54, 1.807) is 19.2 Å². The molecule has 2 aromatic rings. The summed E-state index contributed by atoms with van der Waals surface area (Å²) in [6.07, 6.45) is 1.62. The van der Waals surface area contributed by atoms with Crippen LogP contribution >= 0.6 is 0 Å². The van der Waals surface area contributed by atoms with Gasteiger partial charge in [0, 0.05) is 37.7 Å². The molecule has 1 aliphatic carbocycles. The summed E-state index contributed by atoms with van der Waals surface area (Å²) in [4.78, 5) is 12.3. The fraction of sp³-hybridized carbons (Fsp3) is 0.500. The molecular weight excluding hydrogens is 334 g/mol. The molecule has 26 heavy (non-hydrogen) atoms. The summed E-state index contributed by atoms with van der Waals surface area (Å²) in [5, 5.41) is 20.7. The lowest BCUT2D eigenvalue weighted by Gasteiger charge is -2.35. The highest BCUT2D eigenvalue weighted by Crippen LogP contribution is 2.36. The van der Waals surface area contributed by atoms with E-state index < -0.39 is 0 Å². The number of rotatable bonds is 8. The molecule has 0 saturated heterocycles. The van der Waals surface area contributed by atoms with Gasteiger partial charge in [-0.2, -0.15) is 0 Å². The topological polar surface area (TPSA) is 115 Å². The van der Waals surface area contributed by atoms with E-state index in [1.165, 1.54) is 0 Å². The third-order valence-electron chi connectivity index (χ3n) is 4.81. The number of aliphatic hydroxyl groups is 1. The van der Waals surface area contributed by atoms with E-state index in [9.17, 15) is 9.90 Å². The molecule has 1 saturated carbocycles. The number of ether oxygens (including phenoxy) is 1. The average Bonchev–Trinajstić information content (AvgIpc) is 3.04. The monoisotopic (exact) mass is 359 g/mol. The Kier molecular flexibility index (Phi) is 5.97. The largest absolute Gasteiger partial charge is 0.388 e. The Morgan fingerprint density at radius 2 is 2.08 bits per heavy atom. The third-order valence-corrected chi connectivity index (χ3v) is 4.81. The Hall–Kier alpha value is -2.29. The van der Waals surface area contributed by atoms with Gasteiger partial charge in [-0.1, -0.05) is 12.1 Å². The van der Waals surface area contributed by atoms with E-state index in [0.29, 0.717) is 31.1 Å². The molecule has 0 unspecified atom stereocenters. The Bertz CT molecular complexity index is 738. The number of hydrogen-bond acceptors (Lipinski definition) is 6. The highest BCUT2D eigenvalue weighted by atomic mass is 16.5. The number of carbonyl (C=O) groups is 1. The number of carbonyl (C=O) groups excluding carboxylic acids is 1. The van der Waals surface area contributed by atoms with Crippen LogP contribution in [0.4, 0.5) is 0 Å². The minimum Gasteiger partial charge on any atom is -0.388 e. The molecule has 0 radical (unpaired) electrons. The summed E-state index contributed by atoms with van der Waals surface area (Å²) >= 11 is 0. The second-order valence-corrected chi connectivity index (χ2v) is 6.52. The molecule has 0 aliphatic heterocycles. The quantitative estimate of drug-likeness (QED) is 0.634. The Morgan fingerprint density at radius 1 is 1.35 bits per heavy atom. The standard InChI is InChI=1S/C18H25N5O3/c1-26-7-6-23-16(11-24)21-22-17(23)14-8-15(9-14)20-18(25)13-4-2-12(10-19)3-5-13/h2-5,14-15,24H,6-11,19H2,1H3,(H,20,25). The minimum absolute atomic E-state index is 0.0751. The van der Waals surface area contributed by atoms with Gasteiger partial charge in [-0.3, -0.25) is 4.79 Å². The van der Waals surface area contributed by atoms with Crippen molar-refractivity contribution in [3.63, 3.8) is 0 Å². The van der Waals surface area contributed by atoms with Crippen molar-refractivity contribution in [1.82, 2.24) is 20.1 Å². The number of nitrogens with zero attached hydrogens (tertiary/aromatic N) is 3. The van der Waals surface area contributed by atoms with Crippen LogP contribution in [0.5, 0.6) is 0 Å². The summed E-state index contributed by atoms with van der Waals surface area (Å²) in [7, 11) is 1.64. The lowest BCUT2D eigenvalue weighted by molar-refractivity contribution is 0.0906. The number of aromatic nitrogens is 3. The van der Waals surface area contributed by atoms with Gasteiger partial charge in [0.25, 0.3) is 5.91 Å². The van der Waals surface area contributed by atoms with Crippen molar-refractivity contribution in [3.8, 4) is 0 Å². The molecule has 0 atom stereocenters. The zero-order valence-corrected chi connectivity index (χ0v) is 14.9. The first-order valence-corrected chi connectivity index (χ1v) is 8.77. The van der Waals surface area contributed by atoms with Gasteiger partial charge in [-0.05, 0) is 30.5 Å². The van der Waals surface area contributed by atoms with Crippen LogP contribution in [0.15, 0.2) is 24.3 Å². The van der Waals surface area contributed by atoms with Gasteiger partial charge in [0.2, 0.25) is 0 Å². The molecule has 1 aromatic heterocycles. The van der Waals surface area contributed by atoms with E-state index in [4.69, 9.17) is 10.5 Å². The van der Waals surface area contributed by atoms with Crippen LogP contribution in [0.3, 0.4) is 0 Å². The number of benzene rings is 1. The van der Waals surface area contributed by atoms with E-state index in [1.807, 2.05) is 16.7 Å². The second-order valence-electron chi connectivity index (χ2n) is 6.52. The second kappa shape index (κ2) is 8.39. The van der Waals surface area contributed by atoms with Crippen molar-refractivity contribution >= 4 is 5.91 Å². The number of methoxy groups -OCH3 is 1. The Balaban J connectivity index is 1.57. The Morgan fingerprint density at radius 3 is 2.69 bits per heavy atom. The molecule has 3 rings (SSSR count). The molecule has 8 nitrogen and oxygen atoms in total. The number of hydrogen-bond donors (Lipinski definition) is 3. The van der Waals surface area contributed by atoms with Crippen molar-refractivity contribution in [3.05, 3.63) is 47.0 Å². The predicted octanol–water partition coefficient (Wildman–Crippen LogP) is 0.551. The van der Waals surface area contributed by atoms with Crippen molar-refractivity contribution in [2.45, 2.75) is 44.5 Å². The molecule has 1 fully saturated rings. The number of aliphatic hydroxyl groups excluding tert-OH is 1. The maximum atomic E-state index is 12.3. The van der Waals surface area contributed by atoms with Gasteiger partial charge in [-0.15, -0.1) is 10.2 Å². The molecule has 1 aromatic carbocycles. The van der Waals surface area contributed by atoms with Crippen molar-refractivity contribution in [1.29, 1.82) is 0 Å². The maximum absolute atomic E-state index is 12.3. The molecule has 140 valence electrons. The van der Waals surface area contributed by atoms with E-state index in [-0.39, 0.29) is 24.5 Å². The normalized spacial score (nSPS) is 19.2. The van der Waals surface area contributed by atoms with Crippen LogP contribution < -0.4 is 11.1 Å². The number of nitrogens with one attached hydrogen (secondary N) is 1. The van der Waals surface area contributed by atoms with Gasteiger partial charge in [0.15, 0.2) is 5.82 Å². The summed E-state index contributed by atoms with van der Waals surface area (Å²) in [6, 6.07) is 7.44. The molecule has 1 aliphatic rings. The van der Waals surface area contributed by atoms with E-state index in [0.717, 1.165) is 24.2 Å². The van der Waals surface area contributed by atoms with Crippen LogP contribution in [-0.2, 0) is 24.4 Å². The van der Waals surface area contributed by atoms with Crippen molar-refractivity contribution in [2.75, 3.05) is 13.7 Å². The fourth-order valence-electron chi connectivity index (χ4n) is 3.20. The fourth-order valence-corrected chi connectivity index (χ4v) is 3.20. The molecule has 0 spiro atoms. The van der Waals surface area contributed by atoms with Crippen LogP contribution in [-0.4, -0.2) is 45.5 Å². The van der Waals surface area contributed by atoms with Crippen LogP contribution in [0.1, 0.15) is 46.3 Å². The first-order valence-electron chi connectivity index (χ1n) is 8.77. The number of amides is 1. The first kappa shape index (κ1) is 18.5. The third kappa shape index (κ3) is 3.92. The SMILES string of the molecule is COCCn1c(CO)nnc1C1CC(NC(=O)c2ccc(CN)cc2)C1. The molecule has 1 heterocycles. The maximum Gasteiger partial charge on any atom is 0.251 e. The van der Waals surface area contributed by atoms with Crippen LogP contribution in [0.25, 0.3) is 0 Å². The van der Waals surface area contributed by atoms with Crippen molar-refractivity contribution in [2.24, 2.45) is 5.73 Å². The van der Waals surface area contributed by atoms with Crippen molar-refractivity contribution < 1.29 is 14.6 Å². The lowest BCUT2D eigenvalue weighted by Crippen LogP contribution is -2.44. The van der Waals surface area contributed by atoms with Gasteiger partial charge in [0.05, 0.1) is 6.61 Å². The first-order chi connectivity index (χ1) is 12.7. The highest BCUT2D eigenvalue weighted by Gasteiger charge is 2.35. The summed E-state index contributed by atoms with van der Waals surface area (Å²) in [5.74, 6) is 1.55.